The van der Waals surface area contributed by atoms with Crippen LogP contribution in [-0.2, 0) is 4.74 Å². The van der Waals surface area contributed by atoms with Gasteiger partial charge < -0.3 is 15.8 Å². The lowest BCUT2D eigenvalue weighted by Gasteiger charge is -2.07. The van der Waals surface area contributed by atoms with Crippen molar-refractivity contribution in [3.05, 3.63) is 29.3 Å². The topological polar surface area (TPSA) is 64.3 Å². The Morgan fingerprint density at radius 1 is 1.44 bits per heavy atom. The van der Waals surface area contributed by atoms with Gasteiger partial charge in [-0.25, -0.2) is 8.78 Å². The third-order valence-electron chi connectivity index (χ3n) is 2.27. The molecule has 0 saturated carbocycles. The number of nitrogens with one attached hydrogen (secondary N) is 1. The molecule has 6 heteroatoms. The van der Waals surface area contributed by atoms with Crippen molar-refractivity contribution in [2.45, 2.75) is 13.3 Å². The SMILES string of the molecule is CCOCCCNC(=O)c1cc(F)cc(N)c1F. The van der Waals surface area contributed by atoms with Crippen molar-refractivity contribution in [3.8, 4) is 0 Å². The highest BCUT2D eigenvalue weighted by atomic mass is 19.1. The average molecular weight is 258 g/mol. The predicted octanol–water partition coefficient (Wildman–Crippen LogP) is 1.70. The molecule has 18 heavy (non-hydrogen) atoms. The first kappa shape index (κ1) is 14.4. The summed E-state index contributed by atoms with van der Waals surface area (Å²) < 4.78 is 31.6. The van der Waals surface area contributed by atoms with E-state index in [1.165, 1.54) is 0 Å². The van der Waals surface area contributed by atoms with Crippen molar-refractivity contribution in [2.24, 2.45) is 0 Å². The largest absolute Gasteiger partial charge is 0.396 e. The summed E-state index contributed by atoms with van der Waals surface area (Å²) in [4.78, 5) is 11.6. The van der Waals surface area contributed by atoms with Crippen LogP contribution in [0.1, 0.15) is 23.7 Å². The van der Waals surface area contributed by atoms with E-state index in [4.69, 9.17) is 10.5 Å². The number of halogens is 2. The van der Waals surface area contributed by atoms with Crippen LogP contribution in [0.15, 0.2) is 12.1 Å². The number of nitrogens with two attached hydrogens (primary N) is 1. The molecular formula is C12H16F2N2O2. The molecule has 1 amide bonds. The molecular weight excluding hydrogens is 242 g/mol. The molecule has 0 aliphatic heterocycles. The first-order valence-corrected chi connectivity index (χ1v) is 5.66. The van der Waals surface area contributed by atoms with Gasteiger partial charge in [-0.1, -0.05) is 0 Å². The highest BCUT2D eigenvalue weighted by Gasteiger charge is 2.15. The van der Waals surface area contributed by atoms with Crippen molar-refractivity contribution in [2.75, 3.05) is 25.5 Å². The van der Waals surface area contributed by atoms with Crippen LogP contribution in [0.5, 0.6) is 0 Å². The molecule has 100 valence electrons. The normalized spacial score (nSPS) is 10.4. The standard InChI is InChI=1S/C12H16F2N2O2/c1-2-18-5-3-4-16-12(17)9-6-8(13)7-10(15)11(9)14/h6-7H,2-5,15H2,1H3,(H,16,17). The Labute approximate surface area is 104 Å². The number of ether oxygens (including phenoxy) is 1. The van der Waals surface area contributed by atoms with Gasteiger partial charge in [0.2, 0.25) is 0 Å². The number of benzene rings is 1. The molecule has 0 saturated heterocycles. The van der Waals surface area contributed by atoms with Crippen molar-refractivity contribution >= 4 is 11.6 Å². The number of nitrogen functional groups attached to an aromatic ring is 1. The fourth-order valence-corrected chi connectivity index (χ4v) is 1.39. The number of carbonyl (C=O) groups excluding carboxylic acids is 1. The molecule has 0 bridgehead atoms. The Bertz CT molecular complexity index is 425. The third-order valence-corrected chi connectivity index (χ3v) is 2.27. The van der Waals surface area contributed by atoms with Crippen LogP contribution < -0.4 is 11.1 Å². The van der Waals surface area contributed by atoms with Gasteiger partial charge in [0.1, 0.15) is 5.82 Å². The summed E-state index contributed by atoms with van der Waals surface area (Å²) in [7, 11) is 0. The van der Waals surface area contributed by atoms with E-state index in [-0.39, 0.29) is 11.3 Å². The lowest BCUT2D eigenvalue weighted by Crippen LogP contribution is -2.26. The van der Waals surface area contributed by atoms with Gasteiger partial charge in [0.15, 0.2) is 5.82 Å². The van der Waals surface area contributed by atoms with E-state index in [1.54, 1.807) is 0 Å². The smallest absolute Gasteiger partial charge is 0.254 e. The molecule has 0 atom stereocenters. The minimum atomic E-state index is -0.904. The number of carbonyl (C=O) groups is 1. The van der Waals surface area contributed by atoms with Crippen LogP contribution in [0.4, 0.5) is 14.5 Å². The van der Waals surface area contributed by atoms with Crippen LogP contribution in [0.3, 0.4) is 0 Å². The van der Waals surface area contributed by atoms with Crippen LogP contribution >= 0.6 is 0 Å². The zero-order valence-electron chi connectivity index (χ0n) is 10.1. The van der Waals surface area contributed by atoms with E-state index in [0.717, 1.165) is 12.1 Å². The van der Waals surface area contributed by atoms with E-state index in [9.17, 15) is 13.6 Å². The molecule has 0 fully saturated rings. The number of hydrogen-bond donors (Lipinski definition) is 2. The van der Waals surface area contributed by atoms with Gasteiger partial charge in [0.25, 0.3) is 5.91 Å². The second-order valence-corrected chi connectivity index (χ2v) is 3.66. The summed E-state index contributed by atoms with van der Waals surface area (Å²) in [5.74, 6) is -2.33. The molecule has 1 rings (SSSR count). The van der Waals surface area contributed by atoms with E-state index < -0.39 is 17.5 Å². The maximum atomic E-state index is 13.5. The molecule has 0 aliphatic rings. The number of hydrogen-bond acceptors (Lipinski definition) is 3. The van der Waals surface area contributed by atoms with Crippen LogP contribution in [0, 0.1) is 11.6 Å². The zero-order valence-corrected chi connectivity index (χ0v) is 10.1. The first-order chi connectivity index (χ1) is 8.56. The van der Waals surface area contributed by atoms with Gasteiger partial charge >= 0.3 is 0 Å². The van der Waals surface area contributed by atoms with Crippen LogP contribution in [0.25, 0.3) is 0 Å². The van der Waals surface area contributed by atoms with Crippen LogP contribution in [-0.4, -0.2) is 25.7 Å². The van der Waals surface area contributed by atoms with Crippen molar-refractivity contribution in [1.82, 2.24) is 5.32 Å². The fraction of sp³-hybridized carbons (Fsp3) is 0.417. The van der Waals surface area contributed by atoms with Crippen LogP contribution in [0.2, 0.25) is 0 Å². The lowest BCUT2D eigenvalue weighted by atomic mass is 10.1. The quantitative estimate of drug-likeness (QED) is 0.603. The minimum Gasteiger partial charge on any atom is -0.396 e. The first-order valence-electron chi connectivity index (χ1n) is 5.66. The maximum absolute atomic E-state index is 13.5. The average Bonchev–Trinajstić information content (AvgIpc) is 2.33. The molecule has 0 radical (unpaired) electrons. The molecule has 0 heterocycles. The van der Waals surface area contributed by atoms with E-state index in [2.05, 4.69) is 5.32 Å². The Hall–Kier alpha value is -1.69. The summed E-state index contributed by atoms with van der Waals surface area (Å²) >= 11 is 0. The Morgan fingerprint density at radius 2 is 2.17 bits per heavy atom. The number of amides is 1. The number of anilines is 1. The Morgan fingerprint density at radius 3 is 2.83 bits per heavy atom. The second-order valence-electron chi connectivity index (χ2n) is 3.66. The van der Waals surface area contributed by atoms with Gasteiger partial charge in [-0.2, -0.15) is 0 Å². The molecule has 0 unspecified atom stereocenters. The van der Waals surface area contributed by atoms with Gasteiger partial charge in [-0.3, -0.25) is 4.79 Å². The monoisotopic (exact) mass is 258 g/mol. The van der Waals surface area contributed by atoms with Gasteiger partial charge in [-0.05, 0) is 25.5 Å². The van der Waals surface area contributed by atoms with E-state index in [0.29, 0.717) is 26.2 Å². The van der Waals surface area contributed by atoms with E-state index >= 15 is 0 Å². The van der Waals surface area contributed by atoms with Crippen molar-refractivity contribution in [1.29, 1.82) is 0 Å². The summed E-state index contributed by atoms with van der Waals surface area (Å²) in [6, 6.07) is 1.66. The number of rotatable bonds is 6. The fourth-order valence-electron chi connectivity index (χ4n) is 1.39. The molecule has 1 aromatic carbocycles. The highest BCUT2D eigenvalue weighted by Crippen LogP contribution is 2.17. The summed E-state index contributed by atoms with van der Waals surface area (Å²) in [6.07, 6.45) is 0.603. The Kier molecular flexibility index (Phi) is 5.51. The molecule has 0 aromatic heterocycles. The summed E-state index contributed by atoms with van der Waals surface area (Å²) in [5, 5.41) is 2.47. The van der Waals surface area contributed by atoms with Crippen molar-refractivity contribution in [3.63, 3.8) is 0 Å². The summed E-state index contributed by atoms with van der Waals surface area (Å²) in [5.41, 5.74) is 4.47. The third kappa shape index (κ3) is 3.96. The Balaban J connectivity index is 2.56. The zero-order chi connectivity index (χ0) is 13.5. The van der Waals surface area contributed by atoms with Gasteiger partial charge in [0.05, 0.1) is 11.3 Å². The summed E-state index contributed by atoms with van der Waals surface area (Å²) in [6.45, 7) is 3.30. The molecule has 3 N–H and O–H groups in total. The van der Waals surface area contributed by atoms with Crippen molar-refractivity contribution < 1.29 is 18.3 Å². The van der Waals surface area contributed by atoms with Gasteiger partial charge in [0, 0.05) is 19.8 Å². The molecule has 4 nitrogen and oxygen atoms in total. The molecule has 0 spiro atoms. The minimum absolute atomic E-state index is 0.328. The second kappa shape index (κ2) is 6.90. The molecule has 0 aliphatic carbocycles. The molecule has 1 aromatic rings. The van der Waals surface area contributed by atoms with E-state index in [1.807, 2.05) is 6.92 Å². The highest BCUT2D eigenvalue weighted by molar-refractivity contribution is 5.95. The van der Waals surface area contributed by atoms with Gasteiger partial charge in [-0.15, -0.1) is 0 Å². The lowest BCUT2D eigenvalue weighted by molar-refractivity contribution is 0.0940. The predicted molar refractivity (Wildman–Crippen MR) is 64.2 cm³/mol. The maximum Gasteiger partial charge on any atom is 0.254 e.